The molecule has 3 atom stereocenters. The van der Waals surface area contributed by atoms with Gasteiger partial charge in [-0.3, -0.25) is 9.59 Å². The third kappa shape index (κ3) is 7.19. The molecule has 4 N–H and O–H groups in total. The van der Waals surface area contributed by atoms with E-state index in [1.165, 1.54) is 14.2 Å². The van der Waals surface area contributed by atoms with Crippen LogP contribution < -0.4 is 18.9 Å². The molecule has 1 aromatic heterocycles. The third-order valence-electron chi connectivity index (χ3n) is 11.3. The van der Waals surface area contributed by atoms with Crippen molar-refractivity contribution in [1.29, 1.82) is 0 Å². The van der Waals surface area contributed by atoms with Gasteiger partial charge in [0.15, 0.2) is 0 Å². The fourth-order valence-electron chi connectivity index (χ4n) is 8.37. The zero-order chi connectivity index (χ0) is 40.8. The first-order valence-electron chi connectivity index (χ1n) is 19.5. The van der Waals surface area contributed by atoms with Crippen LogP contribution in [-0.2, 0) is 25.7 Å². The highest BCUT2D eigenvalue weighted by atomic mass is 127. The van der Waals surface area contributed by atoms with Crippen LogP contribution in [0.5, 0.6) is 5.75 Å². The number of aromatic nitrogens is 2. The van der Waals surface area contributed by atoms with E-state index in [9.17, 15) is 19.2 Å². The van der Waals surface area contributed by atoms with E-state index in [-0.39, 0.29) is 30.4 Å². The highest BCUT2D eigenvalue weighted by Crippen LogP contribution is 2.50. The quantitative estimate of drug-likeness (QED) is 0.0941. The Hall–Kier alpha value is -6.17. The molecule has 5 aromatic rings. The standard InChI is InChI=1S/C43H43IN8O7/c1-24-11-16-36(52(24)37(53)22-46-42(55)57-2)44-49-32-15-13-26-19-31-29-14-12-27(18-28(29)23-59-35(31)20-30(26)39(32)50-44)33-21-45-40(47-33)34-10-7-17-51(34)41(54)38(48-43(56)58-3)25-8-5-4-6-9-25/h4-6,8-9,12-15,18-21,24,34,38H,7,10-11,16-17,22-23H2,1-3H3,(H,45,47)(H,46,55)(H,48,56)(H,49,50)/t24-,34-,38+/m0/s1. The largest absolute Gasteiger partial charge is 0.488 e. The number of nitrogens with zero attached hydrogens (tertiary/aromatic N) is 4. The number of hydrogen-bond donors (Lipinski definition) is 4. The third-order valence-corrected chi connectivity index (χ3v) is 15.6. The van der Waals surface area contributed by atoms with Gasteiger partial charge in [-0.05, 0) is 84.5 Å². The zero-order valence-electron chi connectivity index (χ0n) is 32.7. The molecule has 0 unspecified atom stereocenters. The first-order valence-corrected chi connectivity index (χ1v) is 22.6. The Labute approximate surface area is 346 Å². The Morgan fingerprint density at radius 2 is 1.81 bits per heavy atom. The average Bonchev–Trinajstić information content (AvgIpc) is 4.10. The van der Waals surface area contributed by atoms with Crippen LogP contribution in [-0.4, -0.2) is 80.8 Å². The molecule has 0 saturated carbocycles. The van der Waals surface area contributed by atoms with Gasteiger partial charge in [0.25, 0.3) is 5.91 Å². The zero-order valence-corrected chi connectivity index (χ0v) is 34.9. The van der Waals surface area contributed by atoms with Crippen molar-refractivity contribution in [2.24, 2.45) is 3.15 Å². The first kappa shape index (κ1) is 38.4. The van der Waals surface area contributed by atoms with Crippen LogP contribution >= 0.6 is 19.4 Å². The molecule has 4 amide bonds. The van der Waals surface area contributed by atoms with Crippen molar-refractivity contribution in [3.63, 3.8) is 0 Å². The summed E-state index contributed by atoms with van der Waals surface area (Å²) < 4.78 is 25.8. The fraction of sp³-hybridized carbons (Fsp3) is 0.302. The van der Waals surface area contributed by atoms with Crippen molar-refractivity contribution in [2.75, 3.05) is 30.8 Å². The van der Waals surface area contributed by atoms with Crippen molar-refractivity contribution < 1.29 is 33.4 Å². The molecule has 0 spiro atoms. The van der Waals surface area contributed by atoms with Gasteiger partial charge < -0.3 is 43.2 Å². The van der Waals surface area contributed by atoms with Gasteiger partial charge in [-0.15, -0.1) is 0 Å². The second-order valence-corrected chi connectivity index (χ2v) is 18.6. The van der Waals surface area contributed by atoms with Crippen molar-refractivity contribution in [2.45, 2.75) is 57.3 Å². The minimum Gasteiger partial charge on any atom is -0.488 e. The van der Waals surface area contributed by atoms with Crippen LogP contribution in [0.25, 0.3) is 33.2 Å². The monoisotopic (exact) mass is 910 g/mol. The molecule has 5 heterocycles. The van der Waals surface area contributed by atoms with E-state index in [2.05, 4.69) is 60.3 Å². The molecule has 59 heavy (non-hydrogen) atoms. The van der Waals surface area contributed by atoms with Gasteiger partial charge in [-0.25, -0.2) is 17.7 Å². The number of likely N-dealkylation sites (tertiary alicyclic amines) is 2. The summed E-state index contributed by atoms with van der Waals surface area (Å²) >= 11 is -2.35. The molecule has 4 aliphatic rings. The maximum atomic E-state index is 14.0. The lowest BCUT2D eigenvalue weighted by Gasteiger charge is -2.28. The van der Waals surface area contributed by atoms with Crippen LogP contribution in [0, 0.1) is 0 Å². The lowest BCUT2D eigenvalue weighted by atomic mass is 9.92. The molecule has 4 aromatic carbocycles. The van der Waals surface area contributed by atoms with Gasteiger partial charge in [0.2, 0.25) is 5.91 Å². The molecule has 15 nitrogen and oxygen atoms in total. The summed E-state index contributed by atoms with van der Waals surface area (Å²) in [7, 11) is 2.56. The van der Waals surface area contributed by atoms with Gasteiger partial charge in [0.1, 0.15) is 30.8 Å². The van der Waals surface area contributed by atoms with E-state index in [0.29, 0.717) is 24.5 Å². The number of H-pyrrole nitrogens is 1. The summed E-state index contributed by atoms with van der Waals surface area (Å²) in [4.78, 5) is 63.0. The molecular formula is C43H43IN8O7. The number of amides is 4. The molecular weight excluding hydrogens is 867 g/mol. The number of halogens is 1. The molecule has 0 bridgehead atoms. The maximum Gasteiger partial charge on any atom is 0.407 e. The number of imidazole rings is 1. The number of anilines is 1. The molecule has 0 radical (unpaired) electrons. The molecule has 304 valence electrons. The number of carbonyl (C=O) groups excluding carboxylic acids is 4. The van der Waals surface area contributed by atoms with E-state index < -0.39 is 37.7 Å². The summed E-state index contributed by atoms with van der Waals surface area (Å²) in [6.07, 6.45) is 3.67. The summed E-state index contributed by atoms with van der Waals surface area (Å²) in [5.74, 6) is 1.09. The fourth-order valence-corrected chi connectivity index (χ4v) is 13.1. The molecule has 9 rings (SSSR count). The number of carbonyl (C=O) groups is 4. The Balaban J connectivity index is 0.947. The smallest absolute Gasteiger partial charge is 0.407 e. The van der Waals surface area contributed by atoms with Crippen LogP contribution in [0.3, 0.4) is 0 Å². The van der Waals surface area contributed by atoms with Crippen molar-refractivity contribution >= 4 is 69.2 Å². The number of hydrogen-bond acceptors (Lipinski definition) is 10. The number of aromatic amines is 1. The summed E-state index contributed by atoms with van der Waals surface area (Å²) in [6.45, 7) is 2.83. The second kappa shape index (κ2) is 15.9. The highest BCUT2D eigenvalue weighted by molar-refractivity contribution is 14.2. The average molecular weight is 911 g/mol. The molecule has 0 aliphatic carbocycles. The van der Waals surface area contributed by atoms with Gasteiger partial charge in [0, 0.05) is 23.5 Å². The predicted molar refractivity (Wildman–Crippen MR) is 230 cm³/mol. The van der Waals surface area contributed by atoms with Gasteiger partial charge >= 0.3 is 12.2 Å². The Morgan fingerprint density at radius 1 is 0.983 bits per heavy atom. The van der Waals surface area contributed by atoms with Crippen LogP contribution in [0.4, 0.5) is 21.0 Å². The number of rotatable bonds is 7. The number of methoxy groups -OCH3 is 2. The summed E-state index contributed by atoms with van der Waals surface area (Å²) in [5, 5.41) is 7.30. The van der Waals surface area contributed by atoms with Gasteiger partial charge in [-0.2, -0.15) is 0 Å². The summed E-state index contributed by atoms with van der Waals surface area (Å²) in [6, 6.07) is 22.7. The van der Waals surface area contributed by atoms with Gasteiger partial charge in [-0.1, -0.05) is 48.5 Å². The van der Waals surface area contributed by atoms with Crippen molar-refractivity contribution in [3.8, 4) is 28.1 Å². The minimum absolute atomic E-state index is 0.0211. The van der Waals surface area contributed by atoms with Gasteiger partial charge in [0.05, 0.1) is 66.6 Å². The van der Waals surface area contributed by atoms with Crippen LogP contribution in [0.1, 0.15) is 61.6 Å². The van der Waals surface area contributed by atoms with Crippen molar-refractivity contribution in [3.05, 3.63) is 95.9 Å². The lowest BCUT2D eigenvalue weighted by molar-refractivity contribution is -0.134. The first-order chi connectivity index (χ1) is 28.7. The Bertz CT molecular complexity index is 2620. The van der Waals surface area contributed by atoms with E-state index in [0.717, 1.165) is 85.2 Å². The molecule has 16 heteroatoms. The number of benzene rings is 4. The van der Waals surface area contributed by atoms with E-state index in [4.69, 9.17) is 17.6 Å². The van der Waals surface area contributed by atoms with Crippen LogP contribution in [0.2, 0.25) is 0 Å². The maximum absolute atomic E-state index is 14.0. The van der Waals surface area contributed by atoms with E-state index in [1.54, 1.807) is 11.1 Å². The highest BCUT2D eigenvalue weighted by Gasteiger charge is 2.37. The van der Waals surface area contributed by atoms with Crippen molar-refractivity contribution in [1.82, 2.24) is 30.4 Å². The number of ether oxygens (including phenoxy) is 3. The number of alkyl carbamates (subject to hydrolysis) is 2. The number of fused-ring (bicyclic) bond motifs is 6. The topological polar surface area (TPSA) is 180 Å². The molecule has 4 aliphatic heterocycles. The van der Waals surface area contributed by atoms with E-state index >= 15 is 0 Å². The number of nitrogens with one attached hydrogen (secondary N) is 4. The summed E-state index contributed by atoms with van der Waals surface area (Å²) in [5.41, 5.74) is 7.44. The Kier molecular flexibility index (Phi) is 10.3. The normalized spacial score (nSPS) is 20.1. The van der Waals surface area contributed by atoms with E-state index in [1.807, 2.05) is 48.2 Å². The SMILES string of the molecule is COC(=O)NCC(=O)N1C(=I2=Nc3ccc4cc5c(cc4c3N2)OCc2cc(-c3cnc([C@@H]4CCCN4C(=O)[C@H](NC(=O)OC)c4ccccc4)[nH]3)ccc2-5)CC[C@@H]1C. The lowest BCUT2D eigenvalue weighted by Crippen LogP contribution is -2.43. The molecule has 2 fully saturated rings. The predicted octanol–water partition coefficient (Wildman–Crippen LogP) is 7.71. The van der Waals surface area contributed by atoms with Crippen LogP contribution in [0.15, 0.2) is 82.1 Å². The minimum atomic E-state index is -2.35. The second-order valence-electron chi connectivity index (χ2n) is 14.9. The Morgan fingerprint density at radius 3 is 2.63 bits per heavy atom. The molecule has 2 saturated heterocycles.